The highest BCUT2D eigenvalue weighted by molar-refractivity contribution is 6.05. The molecule has 1 unspecified atom stereocenters. The van der Waals surface area contributed by atoms with Crippen LogP contribution in [0.25, 0.3) is 0 Å². The lowest BCUT2D eigenvalue weighted by Crippen LogP contribution is -2.37. The lowest BCUT2D eigenvalue weighted by Gasteiger charge is -2.23. The minimum atomic E-state index is -1.01. The molecule has 1 fully saturated rings. The Morgan fingerprint density at radius 1 is 1.40 bits per heavy atom. The number of ketones is 1. The summed E-state index contributed by atoms with van der Waals surface area (Å²) >= 11 is 0. The number of carbonyl (C=O) groups excluding carboxylic acids is 2. The number of carbonyl (C=O) groups is 2. The van der Waals surface area contributed by atoms with Crippen molar-refractivity contribution in [2.24, 2.45) is 5.41 Å². The van der Waals surface area contributed by atoms with Crippen molar-refractivity contribution in [3.63, 3.8) is 0 Å². The highest BCUT2D eigenvalue weighted by atomic mass is 16.5. The summed E-state index contributed by atoms with van der Waals surface area (Å²) in [6.07, 6.45) is 5.63. The summed E-state index contributed by atoms with van der Waals surface area (Å²) in [7, 11) is 0. The summed E-state index contributed by atoms with van der Waals surface area (Å²) in [6.45, 7) is 6.18. The molecule has 1 aliphatic carbocycles. The Labute approximate surface area is 121 Å². The standard InChI is InChI=1S/C17H24O3/c1-4-7-8-11-17(12-9-10-15(17)18)16(19)20-13-14(5-2)6-3/h5H,4,6,9-13H2,1-3H3. The van der Waals surface area contributed by atoms with Gasteiger partial charge in [-0.25, -0.2) is 0 Å². The molecule has 1 saturated carbocycles. The summed E-state index contributed by atoms with van der Waals surface area (Å²) in [5, 5.41) is 0. The van der Waals surface area contributed by atoms with E-state index in [1.807, 2.05) is 26.8 Å². The highest BCUT2D eigenvalue weighted by Crippen LogP contribution is 2.39. The molecule has 0 aromatic heterocycles. The van der Waals surface area contributed by atoms with Crippen molar-refractivity contribution in [3.8, 4) is 11.8 Å². The third-order valence-corrected chi connectivity index (χ3v) is 3.87. The van der Waals surface area contributed by atoms with Gasteiger partial charge in [-0.3, -0.25) is 9.59 Å². The van der Waals surface area contributed by atoms with Gasteiger partial charge < -0.3 is 4.74 Å². The van der Waals surface area contributed by atoms with E-state index in [9.17, 15) is 9.59 Å². The quantitative estimate of drug-likeness (QED) is 0.334. The van der Waals surface area contributed by atoms with Crippen LogP contribution in [0.3, 0.4) is 0 Å². The van der Waals surface area contributed by atoms with Gasteiger partial charge in [-0.15, -0.1) is 11.8 Å². The van der Waals surface area contributed by atoms with E-state index in [2.05, 4.69) is 11.8 Å². The number of hydrogen-bond donors (Lipinski definition) is 0. The molecule has 0 aromatic carbocycles. The molecule has 3 heteroatoms. The van der Waals surface area contributed by atoms with E-state index in [1.165, 1.54) is 0 Å². The molecule has 0 spiro atoms. The second-order valence-electron chi connectivity index (χ2n) is 5.12. The van der Waals surface area contributed by atoms with Crippen LogP contribution in [0, 0.1) is 17.3 Å². The monoisotopic (exact) mass is 276 g/mol. The van der Waals surface area contributed by atoms with Gasteiger partial charge in [0.05, 0.1) is 0 Å². The smallest absolute Gasteiger partial charge is 0.320 e. The molecule has 1 aliphatic rings. The van der Waals surface area contributed by atoms with Gasteiger partial charge >= 0.3 is 5.97 Å². The Kier molecular flexibility index (Phi) is 6.51. The van der Waals surface area contributed by atoms with E-state index in [-0.39, 0.29) is 12.4 Å². The van der Waals surface area contributed by atoms with Gasteiger partial charge in [-0.2, -0.15) is 0 Å². The van der Waals surface area contributed by atoms with Crippen LogP contribution in [0.1, 0.15) is 59.3 Å². The topological polar surface area (TPSA) is 43.4 Å². The Morgan fingerprint density at radius 2 is 2.15 bits per heavy atom. The molecule has 0 aromatic rings. The van der Waals surface area contributed by atoms with Gasteiger partial charge in [0.2, 0.25) is 0 Å². The number of esters is 1. The molecule has 1 rings (SSSR count). The van der Waals surface area contributed by atoms with Crippen LogP contribution in [0.2, 0.25) is 0 Å². The van der Waals surface area contributed by atoms with Crippen LogP contribution in [-0.4, -0.2) is 18.4 Å². The van der Waals surface area contributed by atoms with Crippen LogP contribution in [0.4, 0.5) is 0 Å². The first-order valence-electron chi connectivity index (χ1n) is 7.41. The van der Waals surface area contributed by atoms with Crippen LogP contribution >= 0.6 is 0 Å². The highest BCUT2D eigenvalue weighted by Gasteiger charge is 2.49. The van der Waals surface area contributed by atoms with Gasteiger partial charge in [0.15, 0.2) is 5.78 Å². The van der Waals surface area contributed by atoms with E-state index in [0.717, 1.165) is 24.8 Å². The molecule has 1 atom stereocenters. The summed E-state index contributed by atoms with van der Waals surface area (Å²) in [6, 6.07) is 0. The average molecular weight is 276 g/mol. The van der Waals surface area contributed by atoms with Gasteiger partial charge in [0.25, 0.3) is 0 Å². The molecular formula is C17H24O3. The third kappa shape index (κ3) is 3.72. The molecular weight excluding hydrogens is 252 g/mol. The fourth-order valence-corrected chi connectivity index (χ4v) is 2.43. The van der Waals surface area contributed by atoms with Crippen molar-refractivity contribution >= 4 is 11.8 Å². The molecule has 0 N–H and O–H groups in total. The van der Waals surface area contributed by atoms with Crippen molar-refractivity contribution in [2.45, 2.75) is 59.3 Å². The summed E-state index contributed by atoms with van der Waals surface area (Å²) in [4.78, 5) is 24.5. The van der Waals surface area contributed by atoms with Crippen LogP contribution in [-0.2, 0) is 14.3 Å². The second kappa shape index (κ2) is 7.89. The first kappa shape index (κ1) is 16.5. The summed E-state index contributed by atoms with van der Waals surface area (Å²) in [5.41, 5.74) is 0.0629. The van der Waals surface area contributed by atoms with Crippen molar-refractivity contribution in [1.29, 1.82) is 0 Å². The zero-order chi connectivity index (χ0) is 15.0. The third-order valence-electron chi connectivity index (χ3n) is 3.87. The van der Waals surface area contributed by atoms with Crippen molar-refractivity contribution < 1.29 is 14.3 Å². The Hall–Kier alpha value is -1.56. The van der Waals surface area contributed by atoms with E-state index >= 15 is 0 Å². The minimum absolute atomic E-state index is 0.00794. The molecule has 110 valence electrons. The maximum Gasteiger partial charge on any atom is 0.320 e. The largest absolute Gasteiger partial charge is 0.460 e. The van der Waals surface area contributed by atoms with Crippen LogP contribution in [0.5, 0.6) is 0 Å². The van der Waals surface area contributed by atoms with Crippen molar-refractivity contribution in [3.05, 3.63) is 11.6 Å². The Bertz CT molecular complexity index is 451. The molecule has 0 aliphatic heterocycles. The minimum Gasteiger partial charge on any atom is -0.460 e. The van der Waals surface area contributed by atoms with E-state index in [0.29, 0.717) is 19.3 Å². The zero-order valence-electron chi connectivity index (χ0n) is 12.8. The number of rotatable bonds is 5. The molecule has 0 bridgehead atoms. The lowest BCUT2D eigenvalue weighted by atomic mass is 9.82. The van der Waals surface area contributed by atoms with E-state index in [1.54, 1.807) is 0 Å². The second-order valence-corrected chi connectivity index (χ2v) is 5.12. The predicted octanol–water partition coefficient (Wildman–Crippen LogP) is 3.43. The molecule has 0 amide bonds. The maximum atomic E-state index is 12.4. The average Bonchev–Trinajstić information content (AvgIpc) is 2.82. The molecule has 0 heterocycles. The molecule has 0 radical (unpaired) electrons. The van der Waals surface area contributed by atoms with Gasteiger partial charge in [0.1, 0.15) is 12.0 Å². The lowest BCUT2D eigenvalue weighted by molar-refractivity contribution is -0.158. The first-order chi connectivity index (χ1) is 9.60. The number of hydrogen-bond acceptors (Lipinski definition) is 3. The molecule has 0 saturated heterocycles. The van der Waals surface area contributed by atoms with Gasteiger partial charge in [-0.1, -0.05) is 19.9 Å². The Balaban J connectivity index is 2.78. The molecule has 20 heavy (non-hydrogen) atoms. The van der Waals surface area contributed by atoms with Gasteiger partial charge in [-0.05, 0) is 31.8 Å². The summed E-state index contributed by atoms with van der Waals surface area (Å²) < 4.78 is 5.38. The van der Waals surface area contributed by atoms with Crippen LogP contribution < -0.4 is 0 Å². The maximum absolute atomic E-state index is 12.4. The first-order valence-corrected chi connectivity index (χ1v) is 7.41. The van der Waals surface area contributed by atoms with Crippen molar-refractivity contribution in [1.82, 2.24) is 0 Å². The predicted molar refractivity (Wildman–Crippen MR) is 79.0 cm³/mol. The number of Topliss-reactive ketones (excluding diaryl/α,β-unsaturated/α-hetero) is 1. The number of ether oxygens (including phenoxy) is 1. The SMILES string of the molecule is CC=C(CC)COC(=O)C1(CC#CCC)CCCC1=O. The summed E-state index contributed by atoms with van der Waals surface area (Å²) in [5.74, 6) is 5.50. The molecule has 3 nitrogen and oxygen atoms in total. The van der Waals surface area contributed by atoms with Gasteiger partial charge in [0, 0.05) is 19.3 Å². The normalized spacial score (nSPS) is 22.4. The number of allylic oxidation sites excluding steroid dienone is 1. The van der Waals surface area contributed by atoms with E-state index < -0.39 is 11.4 Å². The van der Waals surface area contributed by atoms with Crippen LogP contribution in [0.15, 0.2) is 11.6 Å². The zero-order valence-corrected chi connectivity index (χ0v) is 12.8. The van der Waals surface area contributed by atoms with E-state index in [4.69, 9.17) is 4.74 Å². The fourth-order valence-electron chi connectivity index (χ4n) is 2.43. The fraction of sp³-hybridized carbons (Fsp3) is 0.647. The Morgan fingerprint density at radius 3 is 2.65 bits per heavy atom. The van der Waals surface area contributed by atoms with Crippen molar-refractivity contribution in [2.75, 3.05) is 6.61 Å².